The summed E-state index contributed by atoms with van der Waals surface area (Å²) in [6.07, 6.45) is 3.30. The van der Waals surface area contributed by atoms with Crippen LogP contribution in [0.25, 0.3) is 16.9 Å². The maximum absolute atomic E-state index is 11.7. The Labute approximate surface area is 155 Å². The van der Waals surface area contributed by atoms with Gasteiger partial charge in [-0.25, -0.2) is 9.48 Å². The van der Waals surface area contributed by atoms with Crippen LogP contribution in [-0.4, -0.2) is 31.6 Å². The SMILES string of the molecule is CC(=O)Cc1cc(-n2cc(C(=O)O)c(-c3ccccc3Cl)n2)c(C)cn1. The number of pyridine rings is 1. The highest BCUT2D eigenvalue weighted by Crippen LogP contribution is 2.30. The zero-order valence-corrected chi connectivity index (χ0v) is 15.0. The van der Waals surface area contributed by atoms with Gasteiger partial charge in [-0.3, -0.25) is 9.78 Å². The Balaban J connectivity index is 2.16. The molecular formula is C19H16ClN3O3. The highest BCUT2D eigenvalue weighted by Gasteiger charge is 2.20. The number of Topliss-reactive ketones (excluding diaryl/α,β-unsaturated/α-hetero) is 1. The predicted octanol–water partition coefficient (Wildman–Crippen LogP) is 3.73. The van der Waals surface area contributed by atoms with E-state index in [4.69, 9.17) is 11.6 Å². The number of aromatic nitrogens is 3. The molecule has 0 saturated heterocycles. The molecular weight excluding hydrogens is 354 g/mol. The lowest BCUT2D eigenvalue weighted by Gasteiger charge is -2.08. The van der Waals surface area contributed by atoms with E-state index in [0.717, 1.165) is 5.56 Å². The largest absolute Gasteiger partial charge is 0.478 e. The molecule has 0 aliphatic heterocycles. The number of hydrogen-bond donors (Lipinski definition) is 1. The van der Waals surface area contributed by atoms with Gasteiger partial charge in [0, 0.05) is 30.1 Å². The quantitative estimate of drug-likeness (QED) is 0.740. The second kappa shape index (κ2) is 7.09. The first kappa shape index (κ1) is 17.8. The lowest BCUT2D eigenvalue weighted by atomic mass is 10.1. The molecule has 0 spiro atoms. The summed E-state index contributed by atoms with van der Waals surface area (Å²) in [5, 5.41) is 14.4. The number of benzene rings is 1. The van der Waals surface area contributed by atoms with Crippen LogP contribution in [0.5, 0.6) is 0 Å². The van der Waals surface area contributed by atoms with E-state index in [1.807, 2.05) is 6.92 Å². The number of carbonyl (C=O) groups is 2. The van der Waals surface area contributed by atoms with E-state index in [1.165, 1.54) is 17.8 Å². The van der Waals surface area contributed by atoms with Crippen molar-refractivity contribution < 1.29 is 14.7 Å². The Morgan fingerprint density at radius 1 is 1.27 bits per heavy atom. The molecule has 3 rings (SSSR count). The van der Waals surface area contributed by atoms with Gasteiger partial charge in [-0.1, -0.05) is 29.8 Å². The van der Waals surface area contributed by atoms with Crippen LogP contribution in [0.15, 0.2) is 42.7 Å². The standard InChI is InChI=1S/C19H16ClN3O3/c1-11-9-21-13(7-12(2)24)8-17(11)23-10-15(19(25)26)18(22-23)14-5-3-4-6-16(14)20/h3-6,8-10H,7H2,1-2H3,(H,25,26). The Hall–Kier alpha value is -2.99. The first-order chi connectivity index (χ1) is 12.4. The summed E-state index contributed by atoms with van der Waals surface area (Å²) in [6, 6.07) is 8.69. The number of halogens is 1. The Morgan fingerprint density at radius 2 is 2.00 bits per heavy atom. The number of hydrogen-bond acceptors (Lipinski definition) is 4. The maximum atomic E-state index is 11.7. The van der Waals surface area contributed by atoms with Gasteiger partial charge in [0.15, 0.2) is 0 Å². The molecule has 0 aliphatic rings. The molecule has 1 aromatic carbocycles. The van der Waals surface area contributed by atoms with Crippen LogP contribution in [0, 0.1) is 6.92 Å². The van der Waals surface area contributed by atoms with Crippen LogP contribution < -0.4 is 0 Å². The normalized spacial score (nSPS) is 10.7. The van der Waals surface area contributed by atoms with Crippen molar-refractivity contribution in [3.63, 3.8) is 0 Å². The van der Waals surface area contributed by atoms with Gasteiger partial charge in [-0.2, -0.15) is 5.10 Å². The fraction of sp³-hybridized carbons (Fsp3) is 0.158. The number of carboxylic acid groups (broad SMARTS) is 1. The number of aryl methyl sites for hydroxylation is 1. The van der Waals surface area contributed by atoms with Crippen LogP contribution in [0.1, 0.15) is 28.5 Å². The predicted molar refractivity (Wildman–Crippen MR) is 97.9 cm³/mol. The molecule has 2 aromatic heterocycles. The van der Waals surface area contributed by atoms with Gasteiger partial charge in [0.2, 0.25) is 0 Å². The number of carboxylic acids is 1. The summed E-state index contributed by atoms with van der Waals surface area (Å²) >= 11 is 6.21. The Kier molecular flexibility index (Phi) is 4.86. The van der Waals surface area contributed by atoms with Crippen LogP contribution >= 0.6 is 11.6 Å². The molecule has 7 heteroatoms. The molecule has 2 heterocycles. The topological polar surface area (TPSA) is 85.1 Å². The van der Waals surface area contributed by atoms with Crippen molar-refractivity contribution in [1.29, 1.82) is 0 Å². The Bertz CT molecular complexity index is 1010. The second-order valence-electron chi connectivity index (χ2n) is 5.96. The monoisotopic (exact) mass is 369 g/mol. The summed E-state index contributed by atoms with van der Waals surface area (Å²) in [7, 11) is 0. The minimum Gasteiger partial charge on any atom is -0.478 e. The zero-order valence-electron chi connectivity index (χ0n) is 14.2. The number of ketones is 1. The summed E-state index contributed by atoms with van der Waals surface area (Å²) < 4.78 is 1.49. The molecule has 1 N–H and O–H groups in total. The highest BCUT2D eigenvalue weighted by molar-refractivity contribution is 6.33. The zero-order chi connectivity index (χ0) is 18.8. The minimum atomic E-state index is -1.10. The van der Waals surface area contributed by atoms with E-state index in [-0.39, 0.29) is 23.5 Å². The van der Waals surface area contributed by atoms with Crippen molar-refractivity contribution in [2.24, 2.45) is 0 Å². The third-order valence-corrected chi connectivity index (χ3v) is 4.21. The van der Waals surface area contributed by atoms with E-state index in [1.54, 1.807) is 36.5 Å². The van der Waals surface area contributed by atoms with E-state index in [0.29, 0.717) is 22.0 Å². The fourth-order valence-electron chi connectivity index (χ4n) is 2.66. The van der Waals surface area contributed by atoms with Crippen LogP contribution in [0.2, 0.25) is 5.02 Å². The molecule has 132 valence electrons. The molecule has 0 bridgehead atoms. The summed E-state index contributed by atoms with van der Waals surface area (Å²) in [5.41, 5.74) is 2.94. The van der Waals surface area contributed by atoms with E-state index in [2.05, 4.69) is 10.1 Å². The average Bonchev–Trinajstić information content (AvgIpc) is 3.01. The van der Waals surface area contributed by atoms with Crippen molar-refractivity contribution in [2.45, 2.75) is 20.3 Å². The molecule has 6 nitrogen and oxygen atoms in total. The van der Waals surface area contributed by atoms with Crippen molar-refractivity contribution in [1.82, 2.24) is 14.8 Å². The number of aromatic carboxylic acids is 1. The summed E-state index contributed by atoms with van der Waals surface area (Å²) in [5.74, 6) is -1.10. The summed E-state index contributed by atoms with van der Waals surface area (Å²) in [6.45, 7) is 3.34. The molecule has 26 heavy (non-hydrogen) atoms. The molecule has 0 atom stereocenters. The van der Waals surface area contributed by atoms with Crippen molar-refractivity contribution in [2.75, 3.05) is 0 Å². The van der Waals surface area contributed by atoms with Crippen LogP contribution in [0.4, 0.5) is 0 Å². The third-order valence-electron chi connectivity index (χ3n) is 3.88. The van der Waals surface area contributed by atoms with Crippen molar-refractivity contribution in [3.05, 3.63) is 64.6 Å². The first-order valence-electron chi connectivity index (χ1n) is 7.90. The average molecular weight is 370 g/mol. The smallest absolute Gasteiger partial charge is 0.339 e. The van der Waals surface area contributed by atoms with Gasteiger partial charge < -0.3 is 5.11 Å². The maximum Gasteiger partial charge on any atom is 0.339 e. The van der Waals surface area contributed by atoms with Gasteiger partial charge in [0.1, 0.15) is 17.0 Å². The second-order valence-corrected chi connectivity index (χ2v) is 6.37. The number of carbonyl (C=O) groups excluding carboxylic acids is 1. The van der Waals surface area contributed by atoms with Gasteiger partial charge in [-0.05, 0) is 31.5 Å². The molecule has 0 aliphatic carbocycles. The van der Waals surface area contributed by atoms with E-state index >= 15 is 0 Å². The molecule has 0 fully saturated rings. The van der Waals surface area contributed by atoms with Gasteiger partial charge in [0.25, 0.3) is 0 Å². The third kappa shape index (κ3) is 3.50. The first-order valence-corrected chi connectivity index (χ1v) is 8.28. The summed E-state index contributed by atoms with van der Waals surface area (Å²) in [4.78, 5) is 27.3. The minimum absolute atomic E-state index is 0.00394. The molecule has 0 saturated carbocycles. The lowest BCUT2D eigenvalue weighted by Crippen LogP contribution is -2.04. The van der Waals surface area contributed by atoms with E-state index < -0.39 is 5.97 Å². The van der Waals surface area contributed by atoms with E-state index in [9.17, 15) is 14.7 Å². The lowest BCUT2D eigenvalue weighted by molar-refractivity contribution is -0.116. The van der Waals surface area contributed by atoms with Gasteiger partial charge in [0.05, 0.1) is 10.7 Å². The van der Waals surface area contributed by atoms with Crippen molar-refractivity contribution in [3.8, 4) is 16.9 Å². The van der Waals surface area contributed by atoms with Gasteiger partial charge in [-0.15, -0.1) is 0 Å². The van der Waals surface area contributed by atoms with Crippen LogP contribution in [-0.2, 0) is 11.2 Å². The number of nitrogens with zero attached hydrogens (tertiary/aromatic N) is 3. The van der Waals surface area contributed by atoms with Crippen LogP contribution in [0.3, 0.4) is 0 Å². The molecule has 0 radical (unpaired) electrons. The van der Waals surface area contributed by atoms with Gasteiger partial charge >= 0.3 is 5.97 Å². The molecule has 3 aromatic rings. The Morgan fingerprint density at radius 3 is 2.65 bits per heavy atom. The van der Waals surface area contributed by atoms with Crippen molar-refractivity contribution >= 4 is 23.4 Å². The molecule has 0 unspecified atom stereocenters. The fourth-order valence-corrected chi connectivity index (χ4v) is 2.88. The number of rotatable bonds is 5. The molecule has 0 amide bonds. The highest BCUT2D eigenvalue weighted by atomic mass is 35.5.